The van der Waals surface area contributed by atoms with E-state index in [9.17, 15) is 0 Å². The number of nitrogens with two attached hydrogens (primary N) is 1. The molecule has 3 N–H and O–H groups in total. The fraction of sp³-hybridized carbons (Fsp3) is 0.533. The minimum Gasteiger partial charge on any atom is -0.370 e. The van der Waals surface area contributed by atoms with Crippen LogP contribution in [0, 0.1) is 19.3 Å². The fourth-order valence-electron chi connectivity index (χ4n) is 2.45. The molecule has 0 spiro atoms. The van der Waals surface area contributed by atoms with Crippen LogP contribution in [-0.4, -0.2) is 12.5 Å². The van der Waals surface area contributed by atoms with Gasteiger partial charge in [0, 0.05) is 12.2 Å². The Kier molecular flexibility index (Phi) is 3.60. The second-order valence-corrected chi connectivity index (χ2v) is 5.87. The van der Waals surface area contributed by atoms with Gasteiger partial charge < -0.3 is 11.1 Å². The average Bonchev–Trinajstić information content (AvgIpc) is 2.22. The van der Waals surface area contributed by atoms with Gasteiger partial charge in [-0.1, -0.05) is 19.4 Å². The van der Waals surface area contributed by atoms with Crippen molar-refractivity contribution >= 4 is 11.6 Å². The predicted molar refractivity (Wildman–Crippen MR) is 78.0 cm³/mol. The molecule has 0 aliphatic heterocycles. The van der Waals surface area contributed by atoms with E-state index in [-0.39, 0.29) is 0 Å². The van der Waals surface area contributed by atoms with Crippen molar-refractivity contribution in [2.75, 3.05) is 11.9 Å². The molecule has 1 saturated carbocycles. The summed E-state index contributed by atoms with van der Waals surface area (Å²) in [4.78, 5) is 4.46. The number of anilines is 1. The first-order valence-electron chi connectivity index (χ1n) is 6.62. The summed E-state index contributed by atoms with van der Waals surface area (Å²) in [7, 11) is 0. The zero-order valence-electron chi connectivity index (χ0n) is 11.6. The van der Waals surface area contributed by atoms with Gasteiger partial charge in [-0.15, -0.1) is 0 Å². The van der Waals surface area contributed by atoms with Crippen LogP contribution in [0.1, 0.15) is 37.3 Å². The Labute approximate surface area is 109 Å². The van der Waals surface area contributed by atoms with Crippen molar-refractivity contribution in [1.82, 2.24) is 0 Å². The minimum atomic E-state index is 0.384. The Morgan fingerprint density at radius 3 is 2.39 bits per heavy atom. The van der Waals surface area contributed by atoms with Gasteiger partial charge in [0.2, 0.25) is 0 Å². The second kappa shape index (κ2) is 5.01. The Hall–Kier alpha value is -1.51. The summed E-state index contributed by atoms with van der Waals surface area (Å²) in [5, 5.41) is 3.17. The highest BCUT2D eigenvalue weighted by Gasteiger charge is 2.31. The largest absolute Gasteiger partial charge is 0.370 e. The number of hydrogen-bond acceptors (Lipinski definition) is 1. The van der Waals surface area contributed by atoms with Crippen LogP contribution >= 0.6 is 0 Å². The third-order valence-electron chi connectivity index (χ3n) is 3.69. The maximum atomic E-state index is 5.93. The van der Waals surface area contributed by atoms with Crippen molar-refractivity contribution in [2.45, 2.75) is 40.0 Å². The minimum absolute atomic E-state index is 0.384. The molecule has 1 aliphatic rings. The molecule has 1 aromatic carbocycles. The topological polar surface area (TPSA) is 50.4 Å². The van der Waals surface area contributed by atoms with Gasteiger partial charge in [0.05, 0.1) is 0 Å². The lowest BCUT2D eigenvalue weighted by atomic mass is 9.71. The molecular weight excluding hydrogens is 222 g/mol. The smallest absolute Gasteiger partial charge is 0.193 e. The molecule has 2 rings (SSSR count). The molecule has 1 aromatic rings. The maximum Gasteiger partial charge on any atom is 0.193 e. The van der Waals surface area contributed by atoms with Gasteiger partial charge in [0.1, 0.15) is 0 Å². The molecule has 0 heterocycles. The zero-order valence-corrected chi connectivity index (χ0v) is 11.6. The van der Waals surface area contributed by atoms with Gasteiger partial charge in [0.15, 0.2) is 5.96 Å². The molecule has 1 fully saturated rings. The van der Waals surface area contributed by atoms with Crippen LogP contribution in [0.2, 0.25) is 0 Å². The number of nitrogens with zero attached hydrogens (tertiary/aromatic N) is 1. The van der Waals surface area contributed by atoms with E-state index in [2.05, 4.69) is 49.3 Å². The highest BCUT2D eigenvalue weighted by atomic mass is 15.1. The molecule has 18 heavy (non-hydrogen) atoms. The number of hydrogen-bond donors (Lipinski definition) is 2. The third kappa shape index (κ3) is 3.25. The summed E-state index contributed by atoms with van der Waals surface area (Å²) in [5.41, 5.74) is 9.80. The van der Waals surface area contributed by atoms with Gasteiger partial charge >= 0.3 is 0 Å². The Morgan fingerprint density at radius 2 is 1.89 bits per heavy atom. The first kappa shape index (κ1) is 12.9. The Balaban J connectivity index is 1.97. The van der Waals surface area contributed by atoms with Crippen molar-refractivity contribution in [2.24, 2.45) is 16.1 Å². The first-order valence-corrected chi connectivity index (χ1v) is 6.62. The van der Waals surface area contributed by atoms with Crippen molar-refractivity contribution in [3.63, 3.8) is 0 Å². The van der Waals surface area contributed by atoms with Crippen molar-refractivity contribution < 1.29 is 0 Å². The summed E-state index contributed by atoms with van der Waals surface area (Å²) in [5.74, 6) is 0.521. The molecule has 98 valence electrons. The first-order chi connectivity index (χ1) is 8.47. The summed E-state index contributed by atoms with van der Waals surface area (Å²) in [6.07, 6.45) is 3.87. The lowest BCUT2D eigenvalue weighted by Gasteiger charge is -2.36. The summed E-state index contributed by atoms with van der Waals surface area (Å²) < 4.78 is 0. The normalized spacial score (nSPS) is 18.3. The van der Waals surface area contributed by atoms with Gasteiger partial charge in [-0.2, -0.15) is 0 Å². The lowest BCUT2D eigenvalue weighted by molar-refractivity contribution is 0.174. The van der Waals surface area contributed by atoms with E-state index in [0.717, 1.165) is 12.2 Å². The number of aryl methyl sites for hydroxylation is 2. The lowest BCUT2D eigenvalue weighted by Crippen LogP contribution is -2.31. The van der Waals surface area contributed by atoms with Crippen molar-refractivity contribution in [1.29, 1.82) is 0 Å². The summed E-state index contributed by atoms with van der Waals surface area (Å²) >= 11 is 0. The molecule has 0 unspecified atom stereocenters. The predicted octanol–water partition coefficient (Wildman–Crippen LogP) is 3.22. The van der Waals surface area contributed by atoms with Crippen LogP contribution in [0.3, 0.4) is 0 Å². The number of guanidine groups is 1. The van der Waals surface area contributed by atoms with E-state index in [1.54, 1.807) is 0 Å². The van der Waals surface area contributed by atoms with Gasteiger partial charge in [0.25, 0.3) is 0 Å². The van der Waals surface area contributed by atoms with E-state index in [1.165, 1.54) is 30.4 Å². The van der Waals surface area contributed by atoms with E-state index < -0.39 is 0 Å². The monoisotopic (exact) mass is 245 g/mol. The standard InChI is InChI=1S/C15H23N3/c1-11-7-12(2)9-13(8-11)18-14(16)17-10-15(3)5-4-6-15/h7-9H,4-6,10H2,1-3H3,(H3,16,17,18). The fourth-order valence-corrected chi connectivity index (χ4v) is 2.45. The van der Waals surface area contributed by atoms with Crippen LogP contribution < -0.4 is 11.1 Å². The van der Waals surface area contributed by atoms with Crippen LogP contribution in [0.5, 0.6) is 0 Å². The summed E-state index contributed by atoms with van der Waals surface area (Å²) in [6, 6.07) is 6.31. The van der Waals surface area contributed by atoms with Crippen molar-refractivity contribution in [3.05, 3.63) is 29.3 Å². The maximum absolute atomic E-state index is 5.93. The van der Waals surface area contributed by atoms with E-state index in [4.69, 9.17) is 5.73 Å². The van der Waals surface area contributed by atoms with Crippen LogP contribution in [-0.2, 0) is 0 Å². The van der Waals surface area contributed by atoms with Crippen LogP contribution in [0.25, 0.3) is 0 Å². The van der Waals surface area contributed by atoms with Crippen LogP contribution in [0.4, 0.5) is 5.69 Å². The second-order valence-electron chi connectivity index (χ2n) is 5.87. The molecule has 3 heteroatoms. The van der Waals surface area contributed by atoms with E-state index in [0.29, 0.717) is 11.4 Å². The zero-order chi connectivity index (χ0) is 13.2. The highest BCUT2D eigenvalue weighted by molar-refractivity contribution is 5.92. The van der Waals surface area contributed by atoms with Gasteiger partial charge in [-0.25, -0.2) is 0 Å². The van der Waals surface area contributed by atoms with E-state index >= 15 is 0 Å². The molecular formula is C15H23N3. The Bertz CT molecular complexity index is 439. The van der Waals surface area contributed by atoms with Crippen molar-refractivity contribution in [3.8, 4) is 0 Å². The summed E-state index contributed by atoms with van der Waals surface area (Å²) in [6.45, 7) is 7.28. The quantitative estimate of drug-likeness (QED) is 0.634. The number of rotatable bonds is 3. The van der Waals surface area contributed by atoms with Crippen LogP contribution in [0.15, 0.2) is 23.2 Å². The molecule has 0 radical (unpaired) electrons. The molecule has 0 amide bonds. The molecule has 0 atom stereocenters. The molecule has 0 bridgehead atoms. The van der Waals surface area contributed by atoms with Gasteiger partial charge in [-0.3, -0.25) is 4.99 Å². The Morgan fingerprint density at radius 1 is 1.28 bits per heavy atom. The highest BCUT2D eigenvalue weighted by Crippen LogP contribution is 2.40. The third-order valence-corrected chi connectivity index (χ3v) is 3.69. The van der Waals surface area contributed by atoms with E-state index in [1.807, 2.05) is 0 Å². The molecule has 1 aliphatic carbocycles. The number of nitrogens with one attached hydrogen (secondary N) is 1. The number of aliphatic imine (C=N–C) groups is 1. The SMILES string of the molecule is Cc1cc(C)cc(NC(N)=NCC2(C)CCC2)c1. The molecule has 0 saturated heterocycles. The molecule has 0 aromatic heterocycles. The molecule has 3 nitrogen and oxygen atoms in total. The van der Waals surface area contributed by atoms with Gasteiger partial charge in [-0.05, 0) is 55.4 Å². The average molecular weight is 245 g/mol. The number of benzene rings is 1.